The molecule has 170 valence electrons. The molecule has 2 rings (SSSR count). The summed E-state index contributed by atoms with van der Waals surface area (Å²) in [6, 6.07) is 18.3. The number of rotatable bonds is 7. The van der Waals surface area contributed by atoms with Gasteiger partial charge in [0, 0.05) is 6.04 Å². The minimum atomic E-state index is -3.09. The molecule has 0 aromatic heterocycles. The number of azo groups is 1. The maximum atomic E-state index is 6.57. The van der Waals surface area contributed by atoms with Crippen molar-refractivity contribution in [2.75, 3.05) is 0 Å². The van der Waals surface area contributed by atoms with E-state index in [1.165, 1.54) is 0 Å². The van der Waals surface area contributed by atoms with Crippen LogP contribution in [0.4, 0.5) is 11.4 Å². The molecule has 6 heteroatoms. The molecule has 0 aliphatic carbocycles. The highest BCUT2D eigenvalue weighted by Gasteiger charge is 2.50. The first-order chi connectivity index (χ1) is 14.1. The molecule has 31 heavy (non-hydrogen) atoms. The smallest absolute Gasteiger partial charge is 0.368 e. The van der Waals surface area contributed by atoms with Gasteiger partial charge in [-0.2, -0.15) is 10.2 Å². The number of hydrogen-bond donors (Lipinski definition) is 0. The summed E-state index contributed by atoms with van der Waals surface area (Å²) in [5, 5.41) is 8.62. The molecule has 2 aromatic carbocycles. The van der Waals surface area contributed by atoms with Crippen molar-refractivity contribution in [3.05, 3.63) is 60.2 Å². The lowest BCUT2D eigenvalue weighted by Crippen LogP contribution is -2.59. The van der Waals surface area contributed by atoms with Gasteiger partial charge in [-0.15, -0.1) is 0 Å². The van der Waals surface area contributed by atoms with Gasteiger partial charge in [-0.3, -0.25) is 0 Å². The summed E-state index contributed by atoms with van der Waals surface area (Å²) in [7, 11) is -3.09. The molecule has 0 saturated carbocycles. The maximum absolute atomic E-state index is 6.57. The second-order valence-electron chi connectivity index (χ2n) is 10.7. The molecule has 0 amide bonds. The third-order valence-electron chi connectivity index (χ3n) is 3.78. The Morgan fingerprint density at radius 1 is 0.581 bits per heavy atom. The van der Waals surface area contributed by atoms with Gasteiger partial charge in [-0.1, -0.05) is 30.3 Å². The summed E-state index contributed by atoms with van der Waals surface area (Å²) in [5.74, 6) is 0. The third-order valence-corrected chi connectivity index (χ3v) is 7.39. The first kappa shape index (κ1) is 25.4. The van der Waals surface area contributed by atoms with Gasteiger partial charge in [0.2, 0.25) is 0 Å². The molecular weight excluding hydrogens is 404 g/mol. The summed E-state index contributed by atoms with van der Waals surface area (Å²) in [6.45, 7) is 18.4. The fourth-order valence-corrected chi connectivity index (χ4v) is 6.99. The van der Waals surface area contributed by atoms with Crippen molar-refractivity contribution in [2.45, 2.75) is 85.2 Å². The zero-order valence-corrected chi connectivity index (χ0v) is 21.5. The van der Waals surface area contributed by atoms with Crippen LogP contribution < -0.4 is 0 Å². The molecule has 0 fully saturated rings. The predicted octanol–water partition coefficient (Wildman–Crippen LogP) is 7.57. The normalized spacial score (nSPS) is 13.7. The fourth-order valence-electron chi connectivity index (χ4n) is 3.11. The van der Waals surface area contributed by atoms with E-state index in [2.05, 4.69) is 10.2 Å². The zero-order chi connectivity index (χ0) is 23.3. The lowest BCUT2D eigenvalue weighted by molar-refractivity contribution is -0.0760. The van der Waals surface area contributed by atoms with Gasteiger partial charge in [0.15, 0.2) is 0 Å². The highest BCUT2D eigenvalue weighted by atomic mass is 28.4. The topological polar surface area (TPSA) is 52.4 Å². The van der Waals surface area contributed by atoms with E-state index in [9.17, 15) is 0 Å². The van der Waals surface area contributed by atoms with E-state index in [1.54, 1.807) is 0 Å². The number of benzene rings is 2. The van der Waals surface area contributed by atoms with Crippen LogP contribution in [-0.2, 0) is 19.3 Å². The summed E-state index contributed by atoms with van der Waals surface area (Å²) in [6.07, 6.45) is 0. The summed E-state index contributed by atoms with van der Waals surface area (Å²) < 4.78 is 19.7. The monoisotopic (exact) mass is 442 g/mol. The van der Waals surface area contributed by atoms with E-state index >= 15 is 0 Å². The van der Waals surface area contributed by atoms with Crippen LogP contribution in [0.25, 0.3) is 0 Å². The Labute approximate surface area is 189 Å². The van der Waals surface area contributed by atoms with E-state index < -0.39 is 25.6 Å². The first-order valence-corrected chi connectivity index (χ1v) is 12.7. The highest BCUT2D eigenvalue weighted by Crippen LogP contribution is 2.32. The van der Waals surface area contributed by atoms with E-state index in [-0.39, 0.29) is 0 Å². The van der Waals surface area contributed by atoms with Gasteiger partial charge in [0.1, 0.15) is 0 Å². The van der Waals surface area contributed by atoms with E-state index in [1.807, 2.05) is 117 Å². The average molecular weight is 443 g/mol. The molecule has 0 heterocycles. The van der Waals surface area contributed by atoms with Crippen LogP contribution in [0.5, 0.6) is 0 Å². The molecule has 0 bridgehead atoms. The Balaban J connectivity index is 2.30. The zero-order valence-electron chi connectivity index (χ0n) is 20.5. The van der Waals surface area contributed by atoms with Crippen molar-refractivity contribution in [3.63, 3.8) is 0 Å². The molecule has 5 nitrogen and oxygen atoms in total. The lowest BCUT2D eigenvalue weighted by Gasteiger charge is -2.43. The average Bonchev–Trinajstić information content (AvgIpc) is 2.57. The van der Waals surface area contributed by atoms with Gasteiger partial charge in [-0.05, 0) is 92.1 Å². The van der Waals surface area contributed by atoms with Crippen LogP contribution in [0, 0.1) is 0 Å². The van der Waals surface area contributed by atoms with Crippen LogP contribution in [0.15, 0.2) is 64.8 Å². The molecular formula is C25H38N2O3Si. The van der Waals surface area contributed by atoms with Crippen molar-refractivity contribution in [2.24, 2.45) is 10.2 Å². The van der Waals surface area contributed by atoms with Crippen molar-refractivity contribution < 1.29 is 13.3 Å². The first-order valence-electron chi connectivity index (χ1n) is 10.8. The largest absolute Gasteiger partial charge is 0.506 e. The third kappa shape index (κ3) is 9.87. The minimum absolute atomic E-state index is 0.396. The van der Waals surface area contributed by atoms with Crippen LogP contribution in [0.3, 0.4) is 0 Å². The standard InChI is InChI=1S/C25H38N2O3Si/c1-23(2,3)28-31(29-24(4,5)6,30-25(7,8)9)19-20-15-17-22(18-16-20)27-26-21-13-11-10-12-14-21/h10-18H,19H2,1-9H3. The molecule has 0 saturated heterocycles. The molecule has 0 aliphatic heterocycles. The van der Waals surface area contributed by atoms with Crippen molar-refractivity contribution in [3.8, 4) is 0 Å². The van der Waals surface area contributed by atoms with Gasteiger partial charge >= 0.3 is 8.80 Å². The molecule has 0 radical (unpaired) electrons. The van der Waals surface area contributed by atoms with Crippen LogP contribution in [0.1, 0.15) is 67.9 Å². The second kappa shape index (κ2) is 9.73. The Morgan fingerprint density at radius 3 is 1.35 bits per heavy atom. The van der Waals surface area contributed by atoms with E-state index in [4.69, 9.17) is 13.3 Å². The Hall–Kier alpha value is -1.86. The van der Waals surface area contributed by atoms with Crippen molar-refractivity contribution in [1.29, 1.82) is 0 Å². The van der Waals surface area contributed by atoms with E-state index in [0.717, 1.165) is 16.9 Å². The second-order valence-corrected chi connectivity index (χ2v) is 13.0. The molecule has 0 aliphatic rings. The fraction of sp³-hybridized carbons (Fsp3) is 0.520. The van der Waals surface area contributed by atoms with E-state index in [0.29, 0.717) is 6.04 Å². The number of hydrogen-bond acceptors (Lipinski definition) is 5. The summed E-state index contributed by atoms with van der Waals surface area (Å²) in [4.78, 5) is 0. The highest BCUT2D eigenvalue weighted by molar-refractivity contribution is 6.60. The van der Waals surface area contributed by atoms with Crippen LogP contribution >= 0.6 is 0 Å². The van der Waals surface area contributed by atoms with Crippen molar-refractivity contribution >= 4 is 20.2 Å². The quantitative estimate of drug-likeness (QED) is 0.328. The van der Waals surface area contributed by atoms with Gasteiger partial charge in [0.05, 0.1) is 28.2 Å². The predicted molar refractivity (Wildman–Crippen MR) is 129 cm³/mol. The van der Waals surface area contributed by atoms with Crippen LogP contribution in [-0.4, -0.2) is 25.6 Å². The minimum Gasteiger partial charge on any atom is -0.368 e. The van der Waals surface area contributed by atoms with Crippen LogP contribution in [0.2, 0.25) is 0 Å². The lowest BCUT2D eigenvalue weighted by atomic mass is 10.2. The maximum Gasteiger partial charge on any atom is 0.506 e. The Bertz CT molecular complexity index is 805. The molecule has 0 spiro atoms. The van der Waals surface area contributed by atoms with Crippen molar-refractivity contribution in [1.82, 2.24) is 0 Å². The SMILES string of the molecule is CC(C)(C)O[Si](Cc1ccc(N=Nc2ccccc2)cc1)(OC(C)(C)C)OC(C)(C)C. The summed E-state index contributed by atoms with van der Waals surface area (Å²) >= 11 is 0. The van der Waals surface area contributed by atoms with Gasteiger partial charge in [0.25, 0.3) is 0 Å². The molecule has 0 N–H and O–H groups in total. The number of nitrogens with zero attached hydrogens (tertiary/aromatic N) is 2. The molecule has 0 unspecified atom stereocenters. The van der Waals surface area contributed by atoms with Gasteiger partial charge < -0.3 is 13.3 Å². The Kier molecular flexibility index (Phi) is 7.98. The summed E-state index contributed by atoms with van der Waals surface area (Å²) in [5.41, 5.74) is 1.52. The molecule has 2 aromatic rings. The van der Waals surface area contributed by atoms with Gasteiger partial charge in [-0.25, -0.2) is 0 Å². The Morgan fingerprint density at radius 2 is 0.968 bits per heavy atom. The molecule has 0 atom stereocenters.